The fraction of sp³-hybridized carbons (Fsp3) is 0.143. The van der Waals surface area contributed by atoms with Crippen LogP contribution in [0.4, 0.5) is 14.5 Å². The number of ether oxygens (including phenoxy) is 1. The Balaban J connectivity index is 1.90. The van der Waals surface area contributed by atoms with E-state index < -0.39 is 11.6 Å². The lowest BCUT2D eigenvalue weighted by Crippen LogP contribution is -2.12. The maximum absolute atomic E-state index is 13.5. The lowest BCUT2D eigenvalue weighted by Gasteiger charge is -2.11. The van der Waals surface area contributed by atoms with Gasteiger partial charge in [-0.05, 0) is 50.1 Å². The van der Waals surface area contributed by atoms with Crippen LogP contribution in [0.5, 0.6) is 5.75 Å². The molecule has 0 aliphatic heterocycles. The smallest absolute Gasteiger partial charge is 0.169 e. The Hall–Kier alpha value is -1.14. The highest BCUT2D eigenvalue weighted by Crippen LogP contribution is 2.29. The first-order valence-electron chi connectivity index (χ1n) is 5.83. The molecule has 106 valence electrons. The highest BCUT2D eigenvalue weighted by atomic mass is 79.9. The molecule has 0 heterocycles. The Morgan fingerprint density at radius 3 is 2.50 bits per heavy atom. The molecule has 6 heteroatoms. The van der Waals surface area contributed by atoms with Gasteiger partial charge in [-0.15, -0.1) is 0 Å². The summed E-state index contributed by atoms with van der Waals surface area (Å²) in [6.45, 7) is 0.744. The van der Waals surface area contributed by atoms with Crippen molar-refractivity contribution in [1.29, 1.82) is 0 Å². The van der Waals surface area contributed by atoms with Crippen molar-refractivity contribution in [3.63, 3.8) is 0 Å². The normalized spacial score (nSPS) is 10.4. The Morgan fingerprint density at radius 1 is 1.05 bits per heavy atom. The fourth-order valence-corrected chi connectivity index (χ4v) is 2.56. The van der Waals surface area contributed by atoms with Crippen molar-refractivity contribution in [3.05, 3.63) is 57.0 Å². The van der Waals surface area contributed by atoms with Crippen molar-refractivity contribution in [2.75, 3.05) is 18.5 Å². The summed E-state index contributed by atoms with van der Waals surface area (Å²) in [5.41, 5.74) is 0.926. The molecule has 1 N–H and O–H groups in total. The summed E-state index contributed by atoms with van der Waals surface area (Å²) < 4.78 is 32.9. The Labute approximate surface area is 132 Å². The van der Waals surface area contributed by atoms with Gasteiger partial charge < -0.3 is 10.1 Å². The average molecular weight is 407 g/mol. The van der Waals surface area contributed by atoms with E-state index in [-0.39, 0.29) is 16.8 Å². The van der Waals surface area contributed by atoms with Gasteiger partial charge in [0.15, 0.2) is 11.6 Å². The summed E-state index contributed by atoms with van der Waals surface area (Å²) in [6.07, 6.45) is 0. The van der Waals surface area contributed by atoms with Gasteiger partial charge in [-0.1, -0.05) is 12.1 Å². The van der Waals surface area contributed by atoms with E-state index in [9.17, 15) is 8.78 Å². The summed E-state index contributed by atoms with van der Waals surface area (Å²) in [6, 6.07) is 9.61. The van der Waals surface area contributed by atoms with Gasteiger partial charge in [0.05, 0.1) is 4.47 Å². The summed E-state index contributed by atoms with van der Waals surface area (Å²) in [5.74, 6) is -1.36. The van der Waals surface area contributed by atoms with E-state index in [1.165, 1.54) is 6.07 Å². The van der Waals surface area contributed by atoms with Crippen LogP contribution in [-0.4, -0.2) is 13.2 Å². The molecule has 0 aliphatic carbocycles. The molecule has 0 saturated heterocycles. The zero-order valence-corrected chi connectivity index (χ0v) is 13.5. The summed E-state index contributed by atoms with van der Waals surface area (Å²) in [7, 11) is 0. The highest BCUT2D eigenvalue weighted by Gasteiger charge is 2.10. The van der Waals surface area contributed by atoms with E-state index in [4.69, 9.17) is 4.74 Å². The molecule has 0 aliphatic rings. The summed E-state index contributed by atoms with van der Waals surface area (Å²) >= 11 is 6.49. The molecule has 2 rings (SSSR count). The molecule has 0 unspecified atom stereocenters. The Bertz CT molecular complexity index is 584. The summed E-state index contributed by atoms with van der Waals surface area (Å²) in [5, 5.41) is 3.15. The molecule has 0 spiro atoms. The molecule has 0 fully saturated rings. The van der Waals surface area contributed by atoms with Crippen LogP contribution in [0.15, 0.2) is 45.3 Å². The van der Waals surface area contributed by atoms with Crippen LogP contribution in [0.1, 0.15) is 0 Å². The number of rotatable bonds is 5. The average Bonchev–Trinajstić information content (AvgIpc) is 2.38. The first-order valence-corrected chi connectivity index (χ1v) is 7.42. The number of para-hydroxylation sites is 1. The van der Waals surface area contributed by atoms with Crippen molar-refractivity contribution in [2.45, 2.75) is 0 Å². The van der Waals surface area contributed by atoms with E-state index in [2.05, 4.69) is 37.2 Å². The van der Waals surface area contributed by atoms with Gasteiger partial charge in [0.2, 0.25) is 0 Å². The number of halogens is 4. The Kier molecular flexibility index (Phi) is 5.37. The molecular formula is C14H11Br2F2NO. The minimum absolute atomic E-state index is 0.0142. The predicted molar refractivity (Wildman–Crippen MR) is 82.2 cm³/mol. The molecule has 2 nitrogen and oxygen atoms in total. The minimum atomic E-state index is -0.724. The second kappa shape index (κ2) is 7.04. The van der Waals surface area contributed by atoms with Crippen molar-refractivity contribution >= 4 is 37.5 Å². The lowest BCUT2D eigenvalue weighted by atomic mass is 10.3. The van der Waals surface area contributed by atoms with Crippen LogP contribution in [0.3, 0.4) is 0 Å². The molecule has 0 saturated carbocycles. The topological polar surface area (TPSA) is 21.3 Å². The molecule has 0 aromatic heterocycles. The lowest BCUT2D eigenvalue weighted by molar-refractivity contribution is 0.311. The number of anilines is 1. The predicted octanol–water partition coefficient (Wildman–Crippen LogP) is 4.98. The van der Waals surface area contributed by atoms with Gasteiger partial charge in [-0.2, -0.15) is 0 Å². The molecule has 2 aromatic rings. The number of benzene rings is 2. The fourth-order valence-electron chi connectivity index (χ4n) is 1.61. The summed E-state index contributed by atoms with van der Waals surface area (Å²) in [4.78, 5) is 0. The van der Waals surface area contributed by atoms with Crippen molar-refractivity contribution < 1.29 is 13.5 Å². The molecule has 20 heavy (non-hydrogen) atoms. The standard InChI is InChI=1S/C14H11Br2F2NO/c15-10-3-1-2-4-13(10)19-5-6-20-14-11(16)7-9(17)8-12(14)18/h1-4,7-8,19H,5-6H2. The van der Waals surface area contributed by atoms with Crippen LogP contribution >= 0.6 is 31.9 Å². The molecule has 0 atom stereocenters. The SMILES string of the molecule is Fc1cc(F)c(OCCNc2ccccc2Br)c(Br)c1. The number of hydrogen-bond acceptors (Lipinski definition) is 2. The first-order chi connectivity index (χ1) is 9.58. The maximum atomic E-state index is 13.5. The molecular weight excluding hydrogens is 396 g/mol. The minimum Gasteiger partial charge on any atom is -0.487 e. The number of hydrogen-bond donors (Lipinski definition) is 1. The van der Waals surface area contributed by atoms with E-state index in [1.54, 1.807) is 0 Å². The van der Waals surface area contributed by atoms with Crippen LogP contribution in [0.2, 0.25) is 0 Å². The quantitative estimate of drug-likeness (QED) is 0.707. The van der Waals surface area contributed by atoms with Crippen molar-refractivity contribution in [1.82, 2.24) is 0 Å². The molecule has 0 amide bonds. The van der Waals surface area contributed by atoms with E-state index in [0.29, 0.717) is 6.54 Å². The van der Waals surface area contributed by atoms with Gasteiger partial charge in [-0.25, -0.2) is 8.78 Å². The van der Waals surface area contributed by atoms with Crippen LogP contribution in [0, 0.1) is 11.6 Å². The monoisotopic (exact) mass is 405 g/mol. The van der Waals surface area contributed by atoms with Crippen LogP contribution in [0.25, 0.3) is 0 Å². The third kappa shape index (κ3) is 3.93. The van der Waals surface area contributed by atoms with Gasteiger partial charge in [0.25, 0.3) is 0 Å². The van der Waals surface area contributed by atoms with E-state index in [1.807, 2.05) is 24.3 Å². The van der Waals surface area contributed by atoms with Gasteiger partial charge >= 0.3 is 0 Å². The van der Waals surface area contributed by atoms with Crippen LogP contribution in [-0.2, 0) is 0 Å². The van der Waals surface area contributed by atoms with Crippen LogP contribution < -0.4 is 10.1 Å². The maximum Gasteiger partial charge on any atom is 0.169 e. The van der Waals surface area contributed by atoms with Crippen molar-refractivity contribution in [2.24, 2.45) is 0 Å². The first kappa shape index (κ1) is 15.3. The van der Waals surface area contributed by atoms with E-state index in [0.717, 1.165) is 16.2 Å². The number of nitrogens with one attached hydrogen (secondary N) is 1. The van der Waals surface area contributed by atoms with Gasteiger partial charge in [0.1, 0.15) is 12.4 Å². The Morgan fingerprint density at radius 2 is 1.80 bits per heavy atom. The molecule has 0 radical (unpaired) electrons. The van der Waals surface area contributed by atoms with Gasteiger partial charge in [-0.3, -0.25) is 0 Å². The second-order valence-corrected chi connectivity index (χ2v) is 5.66. The third-order valence-corrected chi connectivity index (χ3v) is 3.78. The molecule has 2 aromatic carbocycles. The third-order valence-electron chi connectivity index (χ3n) is 2.50. The van der Waals surface area contributed by atoms with Crippen molar-refractivity contribution in [3.8, 4) is 5.75 Å². The van der Waals surface area contributed by atoms with Gasteiger partial charge in [0, 0.05) is 22.8 Å². The van der Waals surface area contributed by atoms with E-state index >= 15 is 0 Å². The zero-order chi connectivity index (χ0) is 14.5. The zero-order valence-electron chi connectivity index (χ0n) is 10.3. The second-order valence-electron chi connectivity index (χ2n) is 3.95. The largest absolute Gasteiger partial charge is 0.487 e. The highest BCUT2D eigenvalue weighted by molar-refractivity contribution is 9.11. The molecule has 0 bridgehead atoms.